The fourth-order valence-corrected chi connectivity index (χ4v) is 1.82. The zero-order valence-electron chi connectivity index (χ0n) is 8.92. The average Bonchev–Trinajstić information content (AvgIpc) is 2.26. The Hall–Kier alpha value is -1.51. The predicted molar refractivity (Wildman–Crippen MR) is 60.8 cm³/mol. The number of benzene rings is 1. The zero-order valence-corrected chi connectivity index (χ0v) is 8.92. The molecule has 1 aromatic carbocycles. The summed E-state index contributed by atoms with van der Waals surface area (Å²) in [4.78, 5) is 11.7. The molecule has 3 heteroatoms. The van der Waals surface area contributed by atoms with Gasteiger partial charge in [-0.1, -0.05) is 25.5 Å². The van der Waals surface area contributed by atoms with Crippen molar-refractivity contribution >= 4 is 11.6 Å². The third-order valence-corrected chi connectivity index (χ3v) is 2.65. The molecule has 15 heavy (non-hydrogen) atoms. The van der Waals surface area contributed by atoms with Crippen molar-refractivity contribution in [3.05, 3.63) is 29.8 Å². The van der Waals surface area contributed by atoms with Crippen molar-refractivity contribution in [1.82, 2.24) is 5.32 Å². The maximum absolute atomic E-state index is 11.7. The fourth-order valence-electron chi connectivity index (χ4n) is 1.82. The molecule has 3 nitrogen and oxygen atoms in total. The highest BCUT2D eigenvalue weighted by molar-refractivity contribution is 6.01. The van der Waals surface area contributed by atoms with Gasteiger partial charge in [-0.25, -0.2) is 0 Å². The lowest BCUT2D eigenvalue weighted by atomic mass is 10.1. The van der Waals surface area contributed by atoms with Crippen LogP contribution in [0.5, 0.6) is 0 Å². The van der Waals surface area contributed by atoms with Crippen LogP contribution in [0.2, 0.25) is 0 Å². The number of unbranched alkanes of at least 4 members (excludes halogenated alkanes) is 1. The van der Waals surface area contributed by atoms with Crippen molar-refractivity contribution in [1.29, 1.82) is 0 Å². The molecule has 0 radical (unpaired) electrons. The van der Waals surface area contributed by atoms with Gasteiger partial charge in [-0.15, -0.1) is 0 Å². The minimum atomic E-state index is 0.0328. The second-order valence-electron chi connectivity index (χ2n) is 3.86. The van der Waals surface area contributed by atoms with Gasteiger partial charge >= 0.3 is 0 Å². The van der Waals surface area contributed by atoms with Crippen molar-refractivity contribution in [2.45, 2.75) is 32.4 Å². The number of hydrogen-bond donors (Lipinski definition) is 2. The van der Waals surface area contributed by atoms with Crippen LogP contribution < -0.4 is 10.6 Å². The molecule has 2 rings (SSSR count). The van der Waals surface area contributed by atoms with Crippen LogP contribution in [0.3, 0.4) is 0 Å². The Labute approximate surface area is 89.9 Å². The molecule has 1 heterocycles. The molecule has 1 atom stereocenters. The molecule has 0 unspecified atom stereocenters. The van der Waals surface area contributed by atoms with Crippen LogP contribution in [0, 0.1) is 0 Å². The Kier molecular flexibility index (Phi) is 2.90. The number of anilines is 1. The van der Waals surface area contributed by atoms with Crippen LogP contribution in [0.4, 0.5) is 5.69 Å². The van der Waals surface area contributed by atoms with E-state index in [-0.39, 0.29) is 12.1 Å². The normalized spacial score (nSPS) is 19.0. The summed E-state index contributed by atoms with van der Waals surface area (Å²) in [5, 5.41) is 6.29. The summed E-state index contributed by atoms with van der Waals surface area (Å²) in [6.45, 7) is 2.15. The molecule has 1 aromatic rings. The van der Waals surface area contributed by atoms with Crippen LogP contribution in [0.25, 0.3) is 0 Å². The number of carbonyl (C=O) groups is 1. The molecule has 0 saturated heterocycles. The van der Waals surface area contributed by atoms with Crippen molar-refractivity contribution in [2.24, 2.45) is 0 Å². The molecule has 0 bridgehead atoms. The van der Waals surface area contributed by atoms with E-state index in [0.717, 1.165) is 30.5 Å². The Morgan fingerprint density at radius 2 is 2.07 bits per heavy atom. The number of hydrogen-bond acceptors (Lipinski definition) is 2. The highest BCUT2D eigenvalue weighted by Crippen LogP contribution is 2.20. The van der Waals surface area contributed by atoms with Crippen molar-refractivity contribution < 1.29 is 4.79 Å². The van der Waals surface area contributed by atoms with Crippen molar-refractivity contribution in [3.8, 4) is 0 Å². The van der Waals surface area contributed by atoms with Crippen LogP contribution in [-0.4, -0.2) is 12.1 Å². The SMILES string of the molecule is CCCC[C@@H]1NC(=O)c2ccccc2N1. The zero-order chi connectivity index (χ0) is 10.7. The Morgan fingerprint density at radius 3 is 2.87 bits per heavy atom. The second-order valence-corrected chi connectivity index (χ2v) is 3.86. The number of rotatable bonds is 3. The first-order chi connectivity index (χ1) is 7.31. The Balaban J connectivity index is 2.12. The topological polar surface area (TPSA) is 41.1 Å². The van der Waals surface area contributed by atoms with Gasteiger partial charge < -0.3 is 10.6 Å². The molecule has 80 valence electrons. The summed E-state index contributed by atoms with van der Waals surface area (Å²) in [5.41, 5.74) is 1.69. The minimum absolute atomic E-state index is 0.0328. The van der Waals surface area contributed by atoms with Crippen LogP contribution in [0.15, 0.2) is 24.3 Å². The molecule has 2 N–H and O–H groups in total. The number of fused-ring (bicyclic) bond motifs is 1. The summed E-state index contributed by atoms with van der Waals surface area (Å²) in [5.74, 6) is 0.0328. The molecular formula is C12H16N2O. The smallest absolute Gasteiger partial charge is 0.254 e. The summed E-state index contributed by atoms with van der Waals surface area (Å²) in [6, 6.07) is 7.62. The highest BCUT2D eigenvalue weighted by Gasteiger charge is 2.21. The lowest BCUT2D eigenvalue weighted by Crippen LogP contribution is -2.44. The molecule has 1 aliphatic rings. The number of carbonyl (C=O) groups excluding carboxylic acids is 1. The van der Waals surface area contributed by atoms with Gasteiger partial charge in [0.15, 0.2) is 0 Å². The molecule has 0 fully saturated rings. The maximum Gasteiger partial charge on any atom is 0.254 e. The number of para-hydroxylation sites is 1. The van der Waals surface area contributed by atoms with E-state index in [4.69, 9.17) is 0 Å². The van der Waals surface area contributed by atoms with E-state index < -0.39 is 0 Å². The molecule has 0 spiro atoms. The van der Waals surface area contributed by atoms with Crippen molar-refractivity contribution in [2.75, 3.05) is 5.32 Å². The minimum Gasteiger partial charge on any atom is -0.365 e. The Bertz CT molecular complexity index is 362. The standard InChI is InChI=1S/C12H16N2O/c1-2-3-8-11-13-10-7-5-4-6-9(10)12(15)14-11/h4-7,11,13H,2-3,8H2,1H3,(H,14,15)/t11-/m0/s1. The van der Waals surface area contributed by atoms with E-state index in [0.29, 0.717) is 0 Å². The Morgan fingerprint density at radius 1 is 1.27 bits per heavy atom. The number of amides is 1. The fraction of sp³-hybridized carbons (Fsp3) is 0.417. The van der Waals surface area contributed by atoms with Crippen LogP contribution in [-0.2, 0) is 0 Å². The second kappa shape index (κ2) is 4.34. The van der Waals surface area contributed by atoms with Gasteiger partial charge in [-0.05, 0) is 25.0 Å². The number of nitrogens with one attached hydrogen (secondary N) is 2. The van der Waals surface area contributed by atoms with E-state index in [1.165, 1.54) is 0 Å². The van der Waals surface area contributed by atoms with E-state index in [9.17, 15) is 4.79 Å². The third-order valence-electron chi connectivity index (χ3n) is 2.65. The van der Waals surface area contributed by atoms with Gasteiger partial charge in [0.05, 0.1) is 11.7 Å². The van der Waals surface area contributed by atoms with Gasteiger partial charge in [0.25, 0.3) is 5.91 Å². The first-order valence-corrected chi connectivity index (χ1v) is 5.47. The maximum atomic E-state index is 11.7. The van der Waals surface area contributed by atoms with Gasteiger partial charge in [-0.3, -0.25) is 4.79 Å². The summed E-state index contributed by atoms with van der Waals surface area (Å²) < 4.78 is 0. The highest BCUT2D eigenvalue weighted by atomic mass is 16.2. The molecular weight excluding hydrogens is 188 g/mol. The van der Waals surface area contributed by atoms with E-state index in [1.54, 1.807) is 0 Å². The monoisotopic (exact) mass is 204 g/mol. The van der Waals surface area contributed by atoms with Gasteiger partial charge in [0.1, 0.15) is 0 Å². The van der Waals surface area contributed by atoms with Crippen LogP contribution >= 0.6 is 0 Å². The van der Waals surface area contributed by atoms with Gasteiger partial charge in [-0.2, -0.15) is 0 Å². The lowest BCUT2D eigenvalue weighted by Gasteiger charge is -2.27. The largest absolute Gasteiger partial charge is 0.365 e. The van der Waals surface area contributed by atoms with E-state index >= 15 is 0 Å². The third kappa shape index (κ3) is 2.12. The quantitative estimate of drug-likeness (QED) is 0.793. The molecule has 1 amide bonds. The first-order valence-electron chi connectivity index (χ1n) is 5.47. The van der Waals surface area contributed by atoms with E-state index in [1.807, 2.05) is 24.3 Å². The first kappa shape index (κ1) is 10.0. The molecule has 0 saturated carbocycles. The van der Waals surface area contributed by atoms with Gasteiger partial charge in [0.2, 0.25) is 0 Å². The average molecular weight is 204 g/mol. The van der Waals surface area contributed by atoms with Gasteiger partial charge in [0, 0.05) is 5.69 Å². The van der Waals surface area contributed by atoms with Crippen molar-refractivity contribution in [3.63, 3.8) is 0 Å². The van der Waals surface area contributed by atoms with E-state index in [2.05, 4.69) is 17.6 Å². The summed E-state index contributed by atoms with van der Waals surface area (Å²) >= 11 is 0. The molecule has 0 aromatic heterocycles. The molecule has 0 aliphatic carbocycles. The predicted octanol–water partition coefficient (Wildman–Crippen LogP) is 2.36. The summed E-state index contributed by atoms with van der Waals surface area (Å²) in [6.07, 6.45) is 3.35. The lowest BCUT2D eigenvalue weighted by molar-refractivity contribution is 0.0933. The summed E-state index contributed by atoms with van der Waals surface area (Å²) in [7, 11) is 0. The van der Waals surface area contributed by atoms with Crippen LogP contribution in [0.1, 0.15) is 36.5 Å². The molecule has 1 aliphatic heterocycles.